The van der Waals surface area contributed by atoms with Crippen LogP contribution in [0.5, 0.6) is 0 Å². The molecule has 0 spiro atoms. The SMILES string of the molecule is CCN(C)CCC1CCc2cc3ccccc3nc2C1. The van der Waals surface area contributed by atoms with Crippen LogP contribution in [0.2, 0.25) is 0 Å². The summed E-state index contributed by atoms with van der Waals surface area (Å²) in [6, 6.07) is 10.8. The fourth-order valence-corrected chi connectivity index (χ4v) is 3.14. The topological polar surface area (TPSA) is 16.1 Å². The highest BCUT2D eigenvalue weighted by Crippen LogP contribution is 2.28. The molecular weight excluding hydrogens is 244 g/mol. The van der Waals surface area contributed by atoms with Crippen molar-refractivity contribution in [2.75, 3.05) is 20.1 Å². The Balaban J connectivity index is 1.75. The summed E-state index contributed by atoms with van der Waals surface area (Å²) in [5, 5.41) is 1.29. The van der Waals surface area contributed by atoms with Crippen molar-refractivity contribution < 1.29 is 0 Å². The van der Waals surface area contributed by atoms with Crippen LogP contribution in [0.15, 0.2) is 30.3 Å². The number of pyridine rings is 1. The van der Waals surface area contributed by atoms with Crippen LogP contribution in [0.4, 0.5) is 0 Å². The van der Waals surface area contributed by atoms with Gasteiger partial charge >= 0.3 is 0 Å². The van der Waals surface area contributed by atoms with E-state index < -0.39 is 0 Å². The van der Waals surface area contributed by atoms with Gasteiger partial charge in [0.05, 0.1) is 5.52 Å². The summed E-state index contributed by atoms with van der Waals surface area (Å²) in [5.41, 5.74) is 3.97. The fraction of sp³-hybridized carbons (Fsp3) is 0.500. The second-order valence-electron chi connectivity index (χ2n) is 6.08. The van der Waals surface area contributed by atoms with E-state index in [9.17, 15) is 0 Å². The number of fused-ring (bicyclic) bond motifs is 2. The molecule has 1 aromatic carbocycles. The maximum Gasteiger partial charge on any atom is 0.0705 e. The maximum atomic E-state index is 4.90. The van der Waals surface area contributed by atoms with Crippen molar-refractivity contribution >= 4 is 10.9 Å². The van der Waals surface area contributed by atoms with Crippen molar-refractivity contribution in [1.82, 2.24) is 9.88 Å². The van der Waals surface area contributed by atoms with E-state index in [1.807, 2.05) is 0 Å². The van der Waals surface area contributed by atoms with Gasteiger partial charge in [0.15, 0.2) is 0 Å². The van der Waals surface area contributed by atoms with Gasteiger partial charge in [-0.15, -0.1) is 0 Å². The zero-order valence-electron chi connectivity index (χ0n) is 12.6. The van der Waals surface area contributed by atoms with Crippen molar-refractivity contribution in [3.63, 3.8) is 0 Å². The summed E-state index contributed by atoms with van der Waals surface area (Å²) < 4.78 is 0. The summed E-state index contributed by atoms with van der Waals surface area (Å²) in [7, 11) is 2.21. The minimum absolute atomic E-state index is 0.810. The molecule has 2 aromatic rings. The normalized spacial score (nSPS) is 18.4. The van der Waals surface area contributed by atoms with Gasteiger partial charge in [-0.05, 0) is 69.4 Å². The lowest BCUT2D eigenvalue weighted by Crippen LogP contribution is -2.24. The number of hydrogen-bond donors (Lipinski definition) is 0. The molecule has 3 rings (SSSR count). The van der Waals surface area contributed by atoms with E-state index in [-0.39, 0.29) is 0 Å². The predicted octanol–water partition coefficient (Wildman–Crippen LogP) is 3.68. The summed E-state index contributed by atoms with van der Waals surface area (Å²) in [6.45, 7) is 4.58. The number of para-hydroxylation sites is 1. The van der Waals surface area contributed by atoms with Crippen LogP contribution < -0.4 is 0 Å². The van der Waals surface area contributed by atoms with E-state index in [0.29, 0.717) is 0 Å². The smallest absolute Gasteiger partial charge is 0.0705 e. The molecule has 1 aliphatic rings. The first-order valence-electron chi connectivity index (χ1n) is 7.82. The molecule has 0 N–H and O–H groups in total. The third kappa shape index (κ3) is 2.85. The number of aromatic nitrogens is 1. The number of hydrogen-bond acceptors (Lipinski definition) is 2. The zero-order valence-corrected chi connectivity index (χ0v) is 12.6. The van der Waals surface area contributed by atoms with Gasteiger partial charge in [-0.25, -0.2) is 0 Å². The molecule has 2 nitrogen and oxygen atoms in total. The number of aryl methyl sites for hydroxylation is 1. The Morgan fingerprint density at radius 1 is 1.30 bits per heavy atom. The Kier molecular flexibility index (Phi) is 4.02. The monoisotopic (exact) mass is 268 g/mol. The van der Waals surface area contributed by atoms with E-state index in [2.05, 4.69) is 49.2 Å². The first-order valence-corrected chi connectivity index (χ1v) is 7.82. The van der Waals surface area contributed by atoms with Crippen molar-refractivity contribution in [3.8, 4) is 0 Å². The van der Waals surface area contributed by atoms with Crippen molar-refractivity contribution in [3.05, 3.63) is 41.6 Å². The predicted molar refractivity (Wildman–Crippen MR) is 85.0 cm³/mol. The molecule has 1 unspecified atom stereocenters. The number of rotatable bonds is 4. The van der Waals surface area contributed by atoms with E-state index >= 15 is 0 Å². The van der Waals surface area contributed by atoms with Gasteiger partial charge < -0.3 is 4.90 Å². The quantitative estimate of drug-likeness (QED) is 0.841. The molecule has 0 bridgehead atoms. The van der Waals surface area contributed by atoms with Gasteiger partial charge in [-0.3, -0.25) is 4.98 Å². The third-order valence-electron chi connectivity index (χ3n) is 4.66. The Labute approximate surface area is 121 Å². The van der Waals surface area contributed by atoms with Gasteiger partial charge in [-0.2, -0.15) is 0 Å². The molecule has 0 radical (unpaired) electrons. The molecule has 0 saturated carbocycles. The highest BCUT2D eigenvalue weighted by Gasteiger charge is 2.20. The van der Waals surface area contributed by atoms with Crippen molar-refractivity contribution in [2.45, 2.75) is 32.6 Å². The Hall–Kier alpha value is -1.41. The van der Waals surface area contributed by atoms with Gasteiger partial charge in [0, 0.05) is 11.1 Å². The second kappa shape index (κ2) is 5.92. The first-order chi connectivity index (χ1) is 9.76. The lowest BCUT2D eigenvalue weighted by Gasteiger charge is -2.26. The largest absolute Gasteiger partial charge is 0.307 e. The standard InChI is InChI=1S/C18H24N2/c1-3-20(2)11-10-14-8-9-16-13-15-6-4-5-7-17(15)19-18(16)12-14/h4-7,13-14H,3,8-12H2,1-2H3. The van der Waals surface area contributed by atoms with Gasteiger partial charge in [0.25, 0.3) is 0 Å². The molecule has 0 fully saturated rings. The average Bonchev–Trinajstić information content (AvgIpc) is 2.50. The molecular formula is C18H24N2. The second-order valence-corrected chi connectivity index (χ2v) is 6.08. The van der Waals surface area contributed by atoms with Gasteiger partial charge in [0.1, 0.15) is 0 Å². The van der Waals surface area contributed by atoms with Crippen molar-refractivity contribution in [2.24, 2.45) is 5.92 Å². The van der Waals surface area contributed by atoms with Crippen LogP contribution in [0, 0.1) is 5.92 Å². The third-order valence-corrected chi connectivity index (χ3v) is 4.66. The van der Waals surface area contributed by atoms with Gasteiger partial charge in [0.2, 0.25) is 0 Å². The van der Waals surface area contributed by atoms with E-state index in [1.54, 1.807) is 0 Å². The summed E-state index contributed by atoms with van der Waals surface area (Å²) in [5.74, 6) is 0.810. The van der Waals surface area contributed by atoms with E-state index in [0.717, 1.165) is 24.4 Å². The molecule has 1 aliphatic carbocycles. The molecule has 106 valence electrons. The first kappa shape index (κ1) is 13.6. The van der Waals surface area contributed by atoms with Crippen LogP contribution in [-0.2, 0) is 12.8 Å². The Morgan fingerprint density at radius 3 is 3.00 bits per heavy atom. The molecule has 0 amide bonds. The Morgan fingerprint density at radius 2 is 2.15 bits per heavy atom. The average molecular weight is 268 g/mol. The lowest BCUT2D eigenvalue weighted by molar-refractivity contribution is 0.299. The van der Waals surface area contributed by atoms with Gasteiger partial charge in [-0.1, -0.05) is 25.1 Å². The molecule has 0 aliphatic heterocycles. The van der Waals surface area contributed by atoms with Crippen LogP contribution in [-0.4, -0.2) is 30.0 Å². The van der Waals surface area contributed by atoms with Crippen LogP contribution in [0.1, 0.15) is 31.0 Å². The van der Waals surface area contributed by atoms with Crippen molar-refractivity contribution in [1.29, 1.82) is 0 Å². The summed E-state index contributed by atoms with van der Waals surface area (Å²) in [4.78, 5) is 7.31. The number of nitrogens with zero attached hydrogens (tertiary/aromatic N) is 2. The van der Waals surface area contributed by atoms with Crippen LogP contribution in [0.3, 0.4) is 0 Å². The molecule has 2 heteroatoms. The molecule has 0 saturated heterocycles. The minimum atomic E-state index is 0.810. The Bertz CT molecular complexity index is 591. The zero-order chi connectivity index (χ0) is 13.9. The summed E-state index contributed by atoms with van der Waals surface area (Å²) >= 11 is 0. The maximum absolute atomic E-state index is 4.90. The highest BCUT2D eigenvalue weighted by atomic mass is 15.1. The lowest BCUT2D eigenvalue weighted by atomic mass is 9.84. The van der Waals surface area contributed by atoms with Crippen LogP contribution >= 0.6 is 0 Å². The highest BCUT2D eigenvalue weighted by molar-refractivity contribution is 5.79. The molecule has 1 aromatic heterocycles. The fourth-order valence-electron chi connectivity index (χ4n) is 3.14. The molecule has 1 atom stereocenters. The van der Waals surface area contributed by atoms with E-state index in [4.69, 9.17) is 4.98 Å². The minimum Gasteiger partial charge on any atom is -0.307 e. The van der Waals surface area contributed by atoms with Crippen LogP contribution in [0.25, 0.3) is 10.9 Å². The summed E-state index contributed by atoms with van der Waals surface area (Å²) in [6.07, 6.45) is 4.99. The molecule has 20 heavy (non-hydrogen) atoms. The van der Waals surface area contributed by atoms with E-state index in [1.165, 1.54) is 42.5 Å². The number of benzene rings is 1. The molecule has 1 heterocycles.